The molecular formula is C27H30N4O4. The Labute approximate surface area is 204 Å². The predicted molar refractivity (Wildman–Crippen MR) is 129 cm³/mol. The highest BCUT2D eigenvalue weighted by Crippen LogP contribution is 2.33. The van der Waals surface area contributed by atoms with Crippen molar-refractivity contribution >= 4 is 23.6 Å². The zero-order valence-corrected chi connectivity index (χ0v) is 19.6. The number of rotatable bonds is 6. The van der Waals surface area contributed by atoms with E-state index in [4.69, 9.17) is 5.73 Å². The van der Waals surface area contributed by atoms with Gasteiger partial charge in [0.2, 0.25) is 11.8 Å². The van der Waals surface area contributed by atoms with Crippen molar-refractivity contribution in [2.75, 3.05) is 19.6 Å². The second-order valence-corrected chi connectivity index (χ2v) is 9.69. The topological polar surface area (TPSA) is 113 Å². The summed E-state index contributed by atoms with van der Waals surface area (Å²) in [7, 11) is 0. The second-order valence-electron chi connectivity index (χ2n) is 9.69. The van der Waals surface area contributed by atoms with Crippen LogP contribution in [0.3, 0.4) is 0 Å². The molecule has 2 unspecified atom stereocenters. The highest BCUT2D eigenvalue weighted by molar-refractivity contribution is 6.23. The molecule has 2 atom stereocenters. The van der Waals surface area contributed by atoms with Gasteiger partial charge in [0.05, 0.1) is 11.1 Å². The van der Waals surface area contributed by atoms with E-state index in [9.17, 15) is 19.2 Å². The number of nitrogens with zero attached hydrogens (tertiary/aromatic N) is 2. The largest absolute Gasteiger partial charge is 0.330 e. The van der Waals surface area contributed by atoms with Crippen molar-refractivity contribution in [2.45, 2.75) is 44.2 Å². The molecule has 182 valence electrons. The maximum atomic E-state index is 13.1. The zero-order chi connectivity index (χ0) is 24.5. The van der Waals surface area contributed by atoms with Crippen LogP contribution in [0.2, 0.25) is 0 Å². The summed E-state index contributed by atoms with van der Waals surface area (Å²) >= 11 is 0. The van der Waals surface area contributed by atoms with E-state index in [0.29, 0.717) is 36.1 Å². The molecule has 3 N–H and O–H groups in total. The predicted octanol–water partition coefficient (Wildman–Crippen LogP) is 2.04. The third-order valence-corrected chi connectivity index (χ3v) is 7.59. The van der Waals surface area contributed by atoms with E-state index in [0.717, 1.165) is 36.4 Å². The number of fused-ring (bicyclic) bond motifs is 1. The molecule has 0 saturated carbocycles. The van der Waals surface area contributed by atoms with Gasteiger partial charge < -0.3 is 5.73 Å². The number of hydrogen-bond donors (Lipinski definition) is 2. The molecule has 0 aliphatic carbocycles. The molecule has 2 aromatic rings. The van der Waals surface area contributed by atoms with Gasteiger partial charge in [0.25, 0.3) is 11.8 Å². The molecule has 8 heteroatoms. The fraction of sp³-hybridized carbons (Fsp3) is 0.407. The van der Waals surface area contributed by atoms with Crippen LogP contribution in [0.25, 0.3) is 0 Å². The summed E-state index contributed by atoms with van der Waals surface area (Å²) in [4.78, 5) is 53.1. The van der Waals surface area contributed by atoms with E-state index in [1.807, 2.05) is 12.1 Å². The van der Waals surface area contributed by atoms with Crippen LogP contribution in [0.1, 0.15) is 63.4 Å². The second kappa shape index (κ2) is 9.71. The smallest absolute Gasteiger partial charge is 0.262 e. The average molecular weight is 475 g/mol. The average Bonchev–Trinajstić information content (AvgIpc) is 3.11. The van der Waals surface area contributed by atoms with Crippen LogP contribution in [-0.2, 0) is 16.1 Å². The Balaban J connectivity index is 1.23. The molecule has 0 radical (unpaired) electrons. The number of amides is 4. The minimum absolute atomic E-state index is 0.111. The van der Waals surface area contributed by atoms with Crippen LogP contribution in [0, 0.1) is 5.92 Å². The normalized spacial score (nSPS) is 22.3. The van der Waals surface area contributed by atoms with Gasteiger partial charge in [-0.05, 0) is 74.0 Å². The summed E-state index contributed by atoms with van der Waals surface area (Å²) in [6.07, 6.45) is 2.38. The van der Waals surface area contributed by atoms with Crippen LogP contribution in [0.15, 0.2) is 48.5 Å². The standard InChI is InChI=1S/C27H30N4O4/c28-15-22(18-4-2-1-3-5-18)19-10-12-30(13-11-19)16-17-6-7-20-21(14-17)27(35)31(26(20)34)23-8-9-24(32)29-25(23)33/h1-7,14,19,22-23H,8-13,15-16,28H2,(H,29,32,33). The molecule has 3 aliphatic rings. The lowest BCUT2D eigenvalue weighted by atomic mass is 9.80. The van der Waals surface area contributed by atoms with Gasteiger partial charge in [-0.25, -0.2) is 0 Å². The number of benzene rings is 2. The van der Waals surface area contributed by atoms with Gasteiger partial charge in [0.15, 0.2) is 0 Å². The van der Waals surface area contributed by atoms with Gasteiger partial charge in [-0.2, -0.15) is 0 Å². The summed E-state index contributed by atoms with van der Waals surface area (Å²) < 4.78 is 0. The molecule has 2 fully saturated rings. The Hall–Kier alpha value is -3.36. The number of hydrogen-bond acceptors (Lipinski definition) is 6. The van der Waals surface area contributed by atoms with Crippen molar-refractivity contribution in [1.29, 1.82) is 0 Å². The van der Waals surface area contributed by atoms with Gasteiger partial charge in [-0.1, -0.05) is 36.4 Å². The van der Waals surface area contributed by atoms with E-state index in [2.05, 4.69) is 34.5 Å². The summed E-state index contributed by atoms with van der Waals surface area (Å²) in [6.45, 7) is 3.22. The Bertz CT molecular complexity index is 1160. The lowest BCUT2D eigenvalue weighted by Crippen LogP contribution is -2.54. The maximum absolute atomic E-state index is 13.1. The van der Waals surface area contributed by atoms with E-state index in [1.54, 1.807) is 12.1 Å². The first-order valence-corrected chi connectivity index (χ1v) is 12.3. The maximum Gasteiger partial charge on any atom is 0.262 e. The highest BCUT2D eigenvalue weighted by atomic mass is 16.2. The summed E-state index contributed by atoms with van der Waals surface area (Å²) in [5.41, 5.74) is 9.05. The van der Waals surface area contributed by atoms with Gasteiger partial charge >= 0.3 is 0 Å². The number of imide groups is 2. The van der Waals surface area contributed by atoms with Crippen LogP contribution in [0.4, 0.5) is 0 Å². The van der Waals surface area contributed by atoms with Crippen molar-refractivity contribution < 1.29 is 19.2 Å². The van der Waals surface area contributed by atoms with Crippen LogP contribution in [-0.4, -0.2) is 59.1 Å². The molecule has 3 heterocycles. The SMILES string of the molecule is NCC(c1ccccc1)C1CCN(Cc2ccc3c(c2)C(=O)N(C2CCC(=O)NC2=O)C3=O)CC1. The number of carbonyl (C=O) groups is 4. The van der Waals surface area contributed by atoms with Crippen LogP contribution >= 0.6 is 0 Å². The zero-order valence-electron chi connectivity index (χ0n) is 19.6. The number of likely N-dealkylation sites (tertiary alicyclic amines) is 1. The monoisotopic (exact) mass is 474 g/mol. The van der Waals surface area contributed by atoms with E-state index >= 15 is 0 Å². The molecular weight excluding hydrogens is 444 g/mol. The highest BCUT2D eigenvalue weighted by Gasteiger charge is 2.44. The first-order valence-electron chi connectivity index (χ1n) is 12.3. The van der Waals surface area contributed by atoms with E-state index in [-0.39, 0.29) is 18.7 Å². The molecule has 8 nitrogen and oxygen atoms in total. The molecule has 0 bridgehead atoms. The summed E-state index contributed by atoms with van der Waals surface area (Å²) in [6, 6.07) is 14.9. The molecule has 5 rings (SSSR count). The quantitative estimate of drug-likeness (QED) is 0.620. The van der Waals surface area contributed by atoms with Gasteiger partial charge in [-0.3, -0.25) is 34.3 Å². The third kappa shape index (κ3) is 4.51. The minimum Gasteiger partial charge on any atom is -0.330 e. The minimum atomic E-state index is -0.942. The lowest BCUT2D eigenvalue weighted by Gasteiger charge is -2.36. The Morgan fingerprint density at radius 1 is 0.914 bits per heavy atom. The van der Waals surface area contributed by atoms with Crippen molar-refractivity contribution in [3.63, 3.8) is 0 Å². The number of carbonyl (C=O) groups excluding carboxylic acids is 4. The molecule has 0 spiro atoms. The van der Waals surface area contributed by atoms with Crippen LogP contribution < -0.4 is 11.1 Å². The fourth-order valence-corrected chi connectivity index (χ4v) is 5.69. The molecule has 2 aromatic carbocycles. The summed E-state index contributed by atoms with van der Waals surface area (Å²) in [5, 5.41) is 2.23. The van der Waals surface area contributed by atoms with Gasteiger partial charge in [-0.15, -0.1) is 0 Å². The van der Waals surface area contributed by atoms with E-state index < -0.39 is 23.8 Å². The Morgan fingerprint density at radius 3 is 2.31 bits per heavy atom. The van der Waals surface area contributed by atoms with Gasteiger partial charge in [0, 0.05) is 13.0 Å². The Kier molecular flexibility index (Phi) is 6.49. The third-order valence-electron chi connectivity index (χ3n) is 7.59. The number of nitrogens with two attached hydrogens (primary N) is 1. The molecule has 0 aromatic heterocycles. The van der Waals surface area contributed by atoms with E-state index in [1.165, 1.54) is 5.56 Å². The first-order chi connectivity index (χ1) is 17.0. The van der Waals surface area contributed by atoms with Crippen LogP contribution in [0.5, 0.6) is 0 Å². The van der Waals surface area contributed by atoms with Crippen molar-refractivity contribution in [1.82, 2.24) is 15.1 Å². The van der Waals surface area contributed by atoms with Gasteiger partial charge in [0.1, 0.15) is 6.04 Å². The molecule has 3 aliphatic heterocycles. The lowest BCUT2D eigenvalue weighted by molar-refractivity contribution is -0.136. The molecule has 4 amide bonds. The molecule has 35 heavy (non-hydrogen) atoms. The number of piperidine rings is 2. The first kappa shape index (κ1) is 23.4. The Morgan fingerprint density at radius 2 is 1.63 bits per heavy atom. The fourth-order valence-electron chi connectivity index (χ4n) is 5.69. The summed E-state index contributed by atoms with van der Waals surface area (Å²) in [5.74, 6) is -1.00. The molecule has 2 saturated heterocycles. The van der Waals surface area contributed by atoms with Crippen molar-refractivity contribution in [2.24, 2.45) is 11.7 Å². The van der Waals surface area contributed by atoms with Crippen molar-refractivity contribution in [3.05, 3.63) is 70.8 Å². The number of nitrogens with one attached hydrogen (secondary N) is 1. The van der Waals surface area contributed by atoms with Crippen molar-refractivity contribution in [3.8, 4) is 0 Å².